The van der Waals surface area contributed by atoms with E-state index in [1.807, 2.05) is 0 Å². The van der Waals surface area contributed by atoms with Gasteiger partial charge in [-0.2, -0.15) is 4.39 Å². The Balaban J connectivity index is 1.87. The molecule has 14 heavy (non-hydrogen) atoms. The number of halogens is 1. The van der Waals surface area contributed by atoms with Crippen molar-refractivity contribution in [2.24, 2.45) is 0 Å². The van der Waals surface area contributed by atoms with Gasteiger partial charge >= 0.3 is 0 Å². The van der Waals surface area contributed by atoms with E-state index in [0.717, 1.165) is 12.8 Å². The molecule has 0 spiro atoms. The molecule has 0 aromatic carbocycles. The Labute approximate surface area is 81.5 Å². The van der Waals surface area contributed by atoms with Crippen LogP contribution in [0.5, 0.6) is 0 Å². The number of aromatic nitrogens is 2. The Morgan fingerprint density at radius 2 is 2.29 bits per heavy atom. The third kappa shape index (κ3) is 1.98. The zero-order chi connectivity index (χ0) is 9.97. The van der Waals surface area contributed by atoms with Gasteiger partial charge in [-0.25, -0.2) is 9.97 Å². The van der Waals surface area contributed by atoms with Gasteiger partial charge < -0.3 is 10.1 Å². The number of ether oxygens (including phenoxy) is 1. The molecule has 5 heteroatoms. The third-order valence-electron chi connectivity index (χ3n) is 2.41. The number of methoxy groups -OCH3 is 1. The molecule has 76 valence electrons. The minimum Gasteiger partial charge on any atom is -0.381 e. The van der Waals surface area contributed by atoms with Gasteiger partial charge in [-0.1, -0.05) is 0 Å². The van der Waals surface area contributed by atoms with Crippen molar-refractivity contribution in [2.75, 3.05) is 12.4 Å². The molecular formula is C9H12FN3O. The molecule has 0 unspecified atom stereocenters. The fraction of sp³-hybridized carbons (Fsp3) is 0.556. The molecule has 0 radical (unpaired) electrons. The van der Waals surface area contributed by atoms with Crippen molar-refractivity contribution < 1.29 is 9.13 Å². The molecule has 1 aromatic heterocycles. The summed E-state index contributed by atoms with van der Waals surface area (Å²) in [5, 5.41) is 3.11. The monoisotopic (exact) mass is 197 g/mol. The Bertz CT molecular complexity index is 315. The summed E-state index contributed by atoms with van der Waals surface area (Å²) in [5.41, 5.74) is 0. The van der Waals surface area contributed by atoms with Crippen LogP contribution >= 0.6 is 0 Å². The third-order valence-corrected chi connectivity index (χ3v) is 2.41. The number of nitrogens with one attached hydrogen (secondary N) is 1. The fourth-order valence-electron chi connectivity index (χ4n) is 1.50. The smallest absolute Gasteiger partial charge is 0.217 e. The summed E-state index contributed by atoms with van der Waals surface area (Å²) in [6.45, 7) is 0. The summed E-state index contributed by atoms with van der Waals surface area (Å²) in [4.78, 5) is 7.29. The van der Waals surface area contributed by atoms with Crippen LogP contribution in [0.2, 0.25) is 0 Å². The van der Waals surface area contributed by atoms with Gasteiger partial charge in [0.15, 0.2) is 0 Å². The maximum absolute atomic E-state index is 12.7. The van der Waals surface area contributed by atoms with Gasteiger partial charge in [0.1, 0.15) is 12.1 Å². The molecule has 1 aliphatic carbocycles. The Morgan fingerprint density at radius 1 is 1.50 bits per heavy atom. The normalized spacial score (nSPS) is 25.6. The highest BCUT2D eigenvalue weighted by atomic mass is 19.1. The fourth-order valence-corrected chi connectivity index (χ4v) is 1.50. The van der Waals surface area contributed by atoms with E-state index in [0.29, 0.717) is 18.0 Å². The minimum absolute atomic E-state index is 0.333. The van der Waals surface area contributed by atoms with Gasteiger partial charge in [-0.05, 0) is 12.8 Å². The summed E-state index contributed by atoms with van der Waals surface area (Å²) >= 11 is 0. The molecule has 1 aliphatic rings. The lowest BCUT2D eigenvalue weighted by atomic mass is 9.89. The van der Waals surface area contributed by atoms with Crippen molar-refractivity contribution in [1.82, 2.24) is 9.97 Å². The Kier molecular flexibility index (Phi) is 2.58. The van der Waals surface area contributed by atoms with E-state index in [1.165, 1.54) is 12.4 Å². The average Bonchev–Trinajstić information content (AvgIpc) is 2.10. The van der Waals surface area contributed by atoms with Gasteiger partial charge in [0.05, 0.1) is 6.10 Å². The van der Waals surface area contributed by atoms with Gasteiger partial charge in [-0.15, -0.1) is 0 Å². The number of hydrogen-bond donors (Lipinski definition) is 1. The van der Waals surface area contributed by atoms with Crippen molar-refractivity contribution >= 4 is 5.82 Å². The van der Waals surface area contributed by atoms with Crippen LogP contribution < -0.4 is 5.32 Å². The van der Waals surface area contributed by atoms with Gasteiger partial charge in [-0.3, -0.25) is 0 Å². The maximum atomic E-state index is 12.7. The zero-order valence-electron chi connectivity index (χ0n) is 7.90. The van der Waals surface area contributed by atoms with Crippen LogP contribution in [0.3, 0.4) is 0 Å². The lowest BCUT2D eigenvalue weighted by Gasteiger charge is -2.34. The summed E-state index contributed by atoms with van der Waals surface area (Å²) in [6, 6.07) is 1.63. The topological polar surface area (TPSA) is 47.0 Å². The van der Waals surface area contributed by atoms with Gasteiger partial charge in [0.2, 0.25) is 5.95 Å². The van der Waals surface area contributed by atoms with Crippen molar-refractivity contribution in [1.29, 1.82) is 0 Å². The summed E-state index contributed by atoms with van der Waals surface area (Å²) in [5.74, 6) is 0.0298. The average molecular weight is 197 g/mol. The molecule has 4 nitrogen and oxygen atoms in total. The van der Waals surface area contributed by atoms with Crippen LogP contribution in [0, 0.1) is 5.95 Å². The Morgan fingerprint density at radius 3 is 2.93 bits per heavy atom. The molecule has 0 saturated heterocycles. The first-order chi connectivity index (χ1) is 6.78. The first-order valence-electron chi connectivity index (χ1n) is 4.55. The quantitative estimate of drug-likeness (QED) is 0.740. The second-order valence-electron chi connectivity index (χ2n) is 3.40. The highest BCUT2D eigenvalue weighted by Gasteiger charge is 2.28. The van der Waals surface area contributed by atoms with Gasteiger partial charge in [0, 0.05) is 19.2 Å². The summed E-state index contributed by atoms with van der Waals surface area (Å²) in [7, 11) is 1.70. The molecule has 0 atom stereocenters. The molecule has 0 bridgehead atoms. The first-order valence-corrected chi connectivity index (χ1v) is 4.55. The van der Waals surface area contributed by atoms with Crippen LogP contribution in [-0.4, -0.2) is 29.2 Å². The van der Waals surface area contributed by atoms with Crippen LogP contribution in [0.4, 0.5) is 10.2 Å². The molecule has 0 aliphatic heterocycles. The molecule has 1 fully saturated rings. The molecule has 1 aromatic rings. The number of anilines is 1. The zero-order valence-corrected chi connectivity index (χ0v) is 7.90. The van der Waals surface area contributed by atoms with E-state index in [4.69, 9.17) is 4.74 Å². The van der Waals surface area contributed by atoms with Crippen LogP contribution in [0.15, 0.2) is 12.4 Å². The van der Waals surface area contributed by atoms with E-state index >= 15 is 0 Å². The van der Waals surface area contributed by atoms with Crippen molar-refractivity contribution in [2.45, 2.75) is 25.0 Å². The molecule has 1 saturated carbocycles. The molecular weight excluding hydrogens is 185 g/mol. The molecule has 1 heterocycles. The minimum atomic E-state index is -0.509. The molecule has 0 amide bonds. The summed E-state index contributed by atoms with van der Waals surface area (Å²) < 4.78 is 17.8. The molecule has 1 N–H and O–H groups in total. The predicted octanol–water partition coefficient (Wildman–Crippen LogP) is 1.21. The van der Waals surface area contributed by atoms with Gasteiger partial charge in [0.25, 0.3) is 0 Å². The summed E-state index contributed by atoms with van der Waals surface area (Å²) in [6.07, 6.45) is 3.44. The van der Waals surface area contributed by atoms with Crippen LogP contribution in [0.25, 0.3) is 0 Å². The lowest BCUT2D eigenvalue weighted by molar-refractivity contribution is 0.0328. The number of nitrogens with zero attached hydrogens (tertiary/aromatic N) is 2. The SMILES string of the molecule is COC1CC(Nc2cc(F)ncn2)C1. The largest absolute Gasteiger partial charge is 0.381 e. The van der Waals surface area contributed by atoms with Crippen LogP contribution in [-0.2, 0) is 4.74 Å². The maximum Gasteiger partial charge on any atom is 0.217 e. The number of rotatable bonds is 3. The second kappa shape index (κ2) is 3.88. The molecule has 2 rings (SSSR count). The van der Waals surface area contributed by atoms with Crippen molar-refractivity contribution in [3.05, 3.63) is 18.3 Å². The van der Waals surface area contributed by atoms with E-state index in [9.17, 15) is 4.39 Å². The van der Waals surface area contributed by atoms with E-state index in [-0.39, 0.29) is 0 Å². The lowest BCUT2D eigenvalue weighted by Crippen LogP contribution is -2.40. The standard InChI is InChI=1S/C9H12FN3O/c1-14-7-2-6(3-7)13-9-4-8(10)11-5-12-9/h4-7H,2-3H2,1H3,(H,11,12,13). The second-order valence-corrected chi connectivity index (χ2v) is 3.40. The highest BCUT2D eigenvalue weighted by molar-refractivity contribution is 5.34. The van der Waals surface area contributed by atoms with Crippen molar-refractivity contribution in [3.63, 3.8) is 0 Å². The van der Waals surface area contributed by atoms with Crippen molar-refractivity contribution in [3.8, 4) is 0 Å². The first kappa shape index (κ1) is 9.33. The van der Waals surface area contributed by atoms with E-state index < -0.39 is 5.95 Å². The van der Waals surface area contributed by atoms with E-state index in [1.54, 1.807) is 7.11 Å². The number of hydrogen-bond acceptors (Lipinski definition) is 4. The predicted molar refractivity (Wildman–Crippen MR) is 49.4 cm³/mol. The van der Waals surface area contributed by atoms with E-state index in [2.05, 4.69) is 15.3 Å². The highest BCUT2D eigenvalue weighted by Crippen LogP contribution is 2.25. The Hall–Kier alpha value is -1.23. The van der Waals surface area contributed by atoms with Crippen LogP contribution in [0.1, 0.15) is 12.8 Å².